The molecule has 0 spiro atoms. The van der Waals surface area contributed by atoms with Crippen LogP contribution in [-0.2, 0) is 0 Å². The number of rotatable bonds is 7. The largest absolute Gasteiger partial charge is 0.486 e. The summed E-state index contributed by atoms with van der Waals surface area (Å²) in [5, 5.41) is 20.4. The minimum atomic E-state index is -0.402. The summed E-state index contributed by atoms with van der Waals surface area (Å²) in [5.41, 5.74) is 0.545. The molecule has 0 amide bonds. The summed E-state index contributed by atoms with van der Waals surface area (Å²) >= 11 is 0. The maximum atomic E-state index is 11.0. The molecule has 1 aliphatic heterocycles. The molecular weight excluding hydrogens is 489 g/mol. The Kier molecular flexibility index (Phi) is 8.77. The monoisotopic (exact) mass is 513 g/mol. The predicted molar refractivity (Wildman–Crippen MR) is 123 cm³/mol. The van der Waals surface area contributed by atoms with E-state index in [0.717, 1.165) is 11.5 Å². The van der Waals surface area contributed by atoms with Crippen LogP contribution < -0.4 is 25.4 Å². The van der Waals surface area contributed by atoms with Crippen LogP contribution in [0.2, 0.25) is 0 Å². The van der Waals surface area contributed by atoms with Gasteiger partial charge in [-0.25, -0.2) is 0 Å². The molecule has 156 valence electrons. The number of nitrogens with zero attached hydrogens (tertiary/aromatic N) is 2. The Balaban J connectivity index is 0.00000300. The van der Waals surface area contributed by atoms with Gasteiger partial charge in [0.05, 0.1) is 11.5 Å². The molecule has 3 rings (SSSR count). The van der Waals surface area contributed by atoms with Gasteiger partial charge in [-0.15, -0.1) is 24.0 Å². The fraction of sp³-hybridized carbons (Fsp3) is 0.316. The van der Waals surface area contributed by atoms with Crippen LogP contribution in [0.5, 0.6) is 11.5 Å². The van der Waals surface area contributed by atoms with Gasteiger partial charge in [-0.3, -0.25) is 15.1 Å². The summed E-state index contributed by atoms with van der Waals surface area (Å²) in [7, 11) is 1.68. The highest BCUT2D eigenvalue weighted by molar-refractivity contribution is 14.0. The molecule has 0 aliphatic carbocycles. The molecule has 2 aromatic rings. The van der Waals surface area contributed by atoms with Crippen molar-refractivity contribution in [2.24, 2.45) is 4.99 Å². The van der Waals surface area contributed by atoms with Crippen molar-refractivity contribution in [3.63, 3.8) is 0 Å². The summed E-state index contributed by atoms with van der Waals surface area (Å²) < 4.78 is 11.6. The first-order valence-corrected chi connectivity index (χ1v) is 8.97. The molecule has 29 heavy (non-hydrogen) atoms. The third kappa shape index (κ3) is 6.38. The van der Waals surface area contributed by atoms with Crippen molar-refractivity contribution in [2.75, 3.05) is 38.6 Å². The highest BCUT2D eigenvalue weighted by atomic mass is 127. The van der Waals surface area contributed by atoms with E-state index in [1.807, 2.05) is 24.3 Å². The van der Waals surface area contributed by atoms with E-state index >= 15 is 0 Å². The number of halogens is 1. The average molecular weight is 513 g/mol. The van der Waals surface area contributed by atoms with Crippen molar-refractivity contribution in [1.82, 2.24) is 10.6 Å². The number of guanidine groups is 1. The molecule has 9 nitrogen and oxygen atoms in total. The maximum absolute atomic E-state index is 11.0. The van der Waals surface area contributed by atoms with Crippen molar-refractivity contribution < 1.29 is 14.4 Å². The number of aliphatic imine (C=N–C) groups is 1. The molecule has 1 heterocycles. The van der Waals surface area contributed by atoms with E-state index in [2.05, 4.69) is 20.9 Å². The average Bonchev–Trinajstić information content (AvgIpc) is 2.73. The first kappa shape index (κ1) is 22.5. The molecule has 3 N–H and O–H groups in total. The van der Waals surface area contributed by atoms with Crippen molar-refractivity contribution in [2.45, 2.75) is 6.10 Å². The molecule has 0 saturated heterocycles. The number of para-hydroxylation sites is 4. The first-order chi connectivity index (χ1) is 13.7. The molecule has 1 atom stereocenters. The third-order valence-corrected chi connectivity index (χ3v) is 4.12. The van der Waals surface area contributed by atoms with Gasteiger partial charge in [0, 0.05) is 26.2 Å². The first-order valence-electron chi connectivity index (χ1n) is 8.97. The molecule has 1 unspecified atom stereocenters. The second-order valence-corrected chi connectivity index (χ2v) is 6.08. The van der Waals surface area contributed by atoms with Crippen molar-refractivity contribution >= 4 is 41.3 Å². The number of nitrogens with one attached hydrogen (secondary N) is 3. The normalized spacial score (nSPS) is 15.1. The lowest BCUT2D eigenvalue weighted by atomic mass is 10.2. The lowest BCUT2D eigenvalue weighted by Crippen LogP contribution is -2.46. The summed E-state index contributed by atoms with van der Waals surface area (Å²) in [6.45, 7) is 2.03. The lowest BCUT2D eigenvalue weighted by Gasteiger charge is -2.27. The smallest absolute Gasteiger partial charge is 0.292 e. The number of fused-ring (bicyclic) bond motifs is 1. The van der Waals surface area contributed by atoms with Gasteiger partial charge in [-0.1, -0.05) is 24.3 Å². The van der Waals surface area contributed by atoms with Crippen LogP contribution >= 0.6 is 24.0 Å². The van der Waals surface area contributed by atoms with E-state index in [4.69, 9.17) is 9.47 Å². The molecule has 0 aromatic heterocycles. The summed E-state index contributed by atoms with van der Waals surface area (Å²) in [6.07, 6.45) is -0.126. The number of nitro benzene ring substituents is 1. The molecule has 0 bridgehead atoms. The van der Waals surface area contributed by atoms with Gasteiger partial charge in [0.2, 0.25) is 0 Å². The van der Waals surface area contributed by atoms with Crippen LogP contribution in [-0.4, -0.2) is 50.3 Å². The Morgan fingerprint density at radius 3 is 2.62 bits per heavy atom. The number of hydrogen-bond acceptors (Lipinski definition) is 6. The zero-order valence-electron chi connectivity index (χ0n) is 16.0. The van der Waals surface area contributed by atoms with E-state index in [1.165, 1.54) is 6.07 Å². The van der Waals surface area contributed by atoms with Gasteiger partial charge in [0.1, 0.15) is 18.4 Å². The van der Waals surface area contributed by atoms with Crippen LogP contribution in [0, 0.1) is 10.1 Å². The molecule has 0 radical (unpaired) electrons. The minimum absolute atomic E-state index is 0. The van der Waals surface area contributed by atoms with Gasteiger partial charge >= 0.3 is 0 Å². The van der Waals surface area contributed by atoms with E-state index in [9.17, 15) is 10.1 Å². The zero-order valence-corrected chi connectivity index (χ0v) is 18.3. The number of ether oxygens (including phenoxy) is 2. The Labute approximate surface area is 186 Å². The second kappa shape index (κ2) is 11.3. The van der Waals surface area contributed by atoms with E-state index in [1.54, 1.807) is 25.2 Å². The number of anilines is 1. The van der Waals surface area contributed by atoms with Crippen LogP contribution in [0.25, 0.3) is 0 Å². The minimum Gasteiger partial charge on any atom is -0.486 e. The van der Waals surface area contributed by atoms with Crippen LogP contribution in [0.1, 0.15) is 0 Å². The summed E-state index contributed by atoms with van der Waals surface area (Å²) in [6, 6.07) is 14.1. The van der Waals surface area contributed by atoms with Crippen LogP contribution in [0.15, 0.2) is 53.5 Å². The van der Waals surface area contributed by atoms with Crippen molar-refractivity contribution in [1.29, 1.82) is 0 Å². The van der Waals surface area contributed by atoms with Gasteiger partial charge in [0.25, 0.3) is 5.69 Å². The van der Waals surface area contributed by atoms with Gasteiger partial charge < -0.3 is 25.4 Å². The van der Waals surface area contributed by atoms with E-state index in [-0.39, 0.29) is 35.8 Å². The molecule has 10 heteroatoms. The van der Waals surface area contributed by atoms with E-state index < -0.39 is 4.92 Å². The van der Waals surface area contributed by atoms with Gasteiger partial charge in [-0.2, -0.15) is 0 Å². The summed E-state index contributed by atoms with van der Waals surface area (Å²) in [5.74, 6) is 2.10. The molecule has 0 fully saturated rings. The quantitative estimate of drug-likeness (QED) is 0.130. The Morgan fingerprint density at radius 1 is 1.14 bits per heavy atom. The second-order valence-electron chi connectivity index (χ2n) is 6.08. The fourth-order valence-electron chi connectivity index (χ4n) is 2.76. The van der Waals surface area contributed by atoms with Crippen molar-refractivity contribution in [3.8, 4) is 11.5 Å². The standard InChI is InChI=1S/C19H23N5O4.HI/c1-20-19(22-11-10-21-15-6-2-3-7-16(15)24(25)26)23-12-14-13-27-17-8-4-5-9-18(17)28-14;/h2-9,14,21H,10-13H2,1H3,(H2,20,22,23);1H. The van der Waals surface area contributed by atoms with Crippen molar-refractivity contribution in [3.05, 3.63) is 58.6 Å². The Hall–Kier alpha value is -2.76. The van der Waals surface area contributed by atoms with E-state index in [0.29, 0.717) is 37.9 Å². The van der Waals surface area contributed by atoms with Gasteiger partial charge in [-0.05, 0) is 18.2 Å². The molecular formula is C19H24IN5O4. The lowest BCUT2D eigenvalue weighted by molar-refractivity contribution is -0.384. The number of benzene rings is 2. The molecule has 2 aromatic carbocycles. The SMILES string of the molecule is CN=C(NCCNc1ccccc1[N+](=O)[O-])NCC1COc2ccccc2O1.I. The molecule has 0 saturated carbocycles. The number of hydrogen-bond donors (Lipinski definition) is 3. The number of nitro groups is 1. The zero-order chi connectivity index (χ0) is 19.8. The van der Waals surface area contributed by atoms with Crippen LogP contribution in [0.3, 0.4) is 0 Å². The topological polar surface area (TPSA) is 110 Å². The molecule has 1 aliphatic rings. The maximum Gasteiger partial charge on any atom is 0.292 e. The van der Waals surface area contributed by atoms with Gasteiger partial charge in [0.15, 0.2) is 17.5 Å². The Bertz CT molecular complexity index is 849. The Morgan fingerprint density at radius 2 is 1.86 bits per heavy atom. The van der Waals surface area contributed by atoms with Crippen LogP contribution in [0.4, 0.5) is 11.4 Å². The highest BCUT2D eigenvalue weighted by Gasteiger charge is 2.20. The summed E-state index contributed by atoms with van der Waals surface area (Å²) in [4.78, 5) is 14.8. The highest BCUT2D eigenvalue weighted by Crippen LogP contribution is 2.30. The third-order valence-electron chi connectivity index (χ3n) is 4.12. The predicted octanol–water partition coefficient (Wildman–Crippen LogP) is 2.63. The fourth-order valence-corrected chi connectivity index (χ4v) is 2.76.